The number of esters is 1. The van der Waals surface area contributed by atoms with E-state index in [1.165, 1.54) is 0 Å². The third kappa shape index (κ3) is 5.38. The van der Waals surface area contributed by atoms with E-state index >= 15 is 0 Å². The minimum atomic E-state index is -5.00. The first-order chi connectivity index (χ1) is 12.9. The molecule has 0 spiro atoms. The van der Waals surface area contributed by atoms with Crippen molar-refractivity contribution in [1.29, 1.82) is 0 Å². The number of benzene rings is 2. The minimum absolute atomic E-state index is 0.167. The molecule has 0 heterocycles. The molecule has 5 nitrogen and oxygen atoms in total. The van der Waals surface area contributed by atoms with Gasteiger partial charge in [0.25, 0.3) is 5.91 Å². The number of nitrogens with one attached hydrogen (secondary N) is 1. The van der Waals surface area contributed by atoms with Gasteiger partial charge in [-0.3, -0.25) is 4.79 Å². The lowest BCUT2D eigenvalue weighted by Gasteiger charge is -2.14. The molecule has 0 aliphatic carbocycles. The monoisotopic (exact) mass is 407 g/mol. The van der Waals surface area contributed by atoms with Gasteiger partial charge in [0.05, 0.1) is 23.9 Å². The molecule has 11 heteroatoms. The summed E-state index contributed by atoms with van der Waals surface area (Å²) < 4.78 is 82.8. The fraction of sp³-hybridized carbons (Fsp3) is 0.176. The lowest BCUT2D eigenvalue weighted by molar-refractivity contribution is -0.274. The molecule has 0 saturated carbocycles. The van der Waals surface area contributed by atoms with Crippen LogP contribution in [0.3, 0.4) is 0 Å². The van der Waals surface area contributed by atoms with Crippen molar-refractivity contribution < 1.29 is 45.4 Å². The molecule has 150 valence electrons. The number of alkyl halides is 6. The molecule has 28 heavy (non-hydrogen) atoms. The Labute approximate surface area is 153 Å². The Morgan fingerprint density at radius 1 is 0.929 bits per heavy atom. The Bertz CT molecular complexity index is 875. The van der Waals surface area contributed by atoms with Gasteiger partial charge in [0, 0.05) is 5.56 Å². The van der Waals surface area contributed by atoms with E-state index in [0.717, 1.165) is 31.4 Å². The van der Waals surface area contributed by atoms with Gasteiger partial charge in [0.15, 0.2) is 0 Å². The molecule has 0 aliphatic heterocycles. The second kappa shape index (κ2) is 7.79. The molecule has 2 aromatic rings. The third-order valence-electron chi connectivity index (χ3n) is 3.35. The molecule has 1 N–H and O–H groups in total. The van der Waals surface area contributed by atoms with Gasteiger partial charge in [-0.25, -0.2) is 4.79 Å². The number of ether oxygens (including phenoxy) is 2. The van der Waals surface area contributed by atoms with Gasteiger partial charge < -0.3 is 14.8 Å². The summed E-state index contributed by atoms with van der Waals surface area (Å²) in [4.78, 5) is 24.0. The van der Waals surface area contributed by atoms with E-state index in [2.05, 4.69) is 14.8 Å². The molecule has 0 saturated heterocycles. The summed E-state index contributed by atoms with van der Waals surface area (Å²) in [5.41, 5.74) is -1.79. The Balaban J connectivity index is 2.29. The molecular formula is C17H11F6NO4. The number of carbonyl (C=O) groups is 2. The fourth-order valence-corrected chi connectivity index (χ4v) is 2.11. The SMILES string of the molecule is COC(=O)c1cc(OC(F)(F)F)ccc1NC(=O)c1ccc(C(F)(F)F)cc1. The first kappa shape index (κ1) is 21.1. The zero-order valence-corrected chi connectivity index (χ0v) is 13.9. The van der Waals surface area contributed by atoms with Crippen LogP contribution in [0.15, 0.2) is 42.5 Å². The molecule has 0 aromatic heterocycles. The van der Waals surface area contributed by atoms with Gasteiger partial charge in [-0.15, -0.1) is 13.2 Å². The molecule has 0 atom stereocenters. The summed E-state index contributed by atoms with van der Waals surface area (Å²) in [6.45, 7) is 0. The molecule has 2 aromatic carbocycles. The molecule has 0 unspecified atom stereocenters. The van der Waals surface area contributed by atoms with Crippen molar-refractivity contribution in [3.8, 4) is 5.75 Å². The van der Waals surface area contributed by atoms with Crippen LogP contribution in [0.2, 0.25) is 0 Å². The Hall–Kier alpha value is -3.24. The predicted octanol–water partition coefficient (Wildman–Crippen LogP) is 4.64. The lowest BCUT2D eigenvalue weighted by Crippen LogP contribution is -2.19. The highest BCUT2D eigenvalue weighted by Gasteiger charge is 2.32. The van der Waals surface area contributed by atoms with Crippen LogP contribution in [0.5, 0.6) is 5.75 Å². The van der Waals surface area contributed by atoms with Gasteiger partial charge >= 0.3 is 18.5 Å². The van der Waals surface area contributed by atoms with E-state index in [1.807, 2.05) is 0 Å². The van der Waals surface area contributed by atoms with Crippen LogP contribution >= 0.6 is 0 Å². The van der Waals surface area contributed by atoms with Gasteiger partial charge in [0.1, 0.15) is 5.75 Å². The van der Waals surface area contributed by atoms with Crippen LogP contribution in [0.1, 0.15) is 26.3 Å². The average Bonchev–Trinajstić information content (AvgIpc) is 2.60. The van der Waals surface area contributed by atoms with Crippen molar-refractivity contribution in [2.24, 2.45) is 0 Å². The summed E-state index contributed by atoms with van der Waals surface area (Å²) >= 11 is 0. The quantitative estimate of drug-likeness (QED) is 0.592. The van der Waals surface area contributed by atoms with Crippen molar-refractivity contribution >= 4 is 17.6 Å². The number of methoxy groups -OCH3 is 1. The van der Waals surface area contributed by atoms with Crippen LogP contribution < -0.4 is 10.1 Å². The minimum Gasteiger partial charge on any atom is -0.465 e. The zero-order chi connectivity index (χ0) is 21.1. The zero-order valence-electron chi connectivity index (χ0n) is 13.9. The van der Waals surface area contributed by atoms with Crippen molar-refractivity contribution in [3.05, 3.63) is 59.2 Å². The number of hydrogen-bond acceptors (Lipinski definition) is 4. The van der Waals surface area contributed by atoms with E-state index in [1.54, 1.807) is 0 Å². The maximum Gasteiger partial charge on any atom is 0.573 e. The highest BCUT2D eigenvalue weighted by Crippen LogP contribution is 2.30. The Morgan fingerprint density at radius 2 is 1.54 bits per heavy atom. The molecule has 2 rings (SSSR count). The summed E-state index contributed by atoms with van der Waals surface area (Å²) in [6, 6.07) is 5.74. The van der Waals surface area contributed by atoms with Crippen molar-refractivity contribution in [2.45, 2.75) is 12.5 Å². The number of hydrogen-bond donors (Lipinski definition) is 1. The van der Waals surface area contributed by atoms with Crippen molar-refractivity contribution in [1.82, 2.24) is 0 Å². The fourth-order valence-electron chi connectivity index (χ4n) is 2.11. The lowest BCUT2D eigenvalue weighted by atomic mass is 10.1. The largest absolute Gasteiger partial charge is 0.573 e. The number of amides is 1. The summed E-state index contributed by atoms with van der Waals surface area (Å²) in [7, 11) is 0.973. The molecule has 0 radical (unpaired) electrons. The summed E-state index contributed by atoms with van der Waals surface area (Å²) in [6.07, 6.45) is -9.58. The highest BCUT2D eigenvalue weighted by atomic mass is 19.4. The third-order valence-corrected chi connectivity index (χ3v) is 3.35. The van der Waals surface area contributed by atoms with E-state index in [-0.39, 0.29) is 11.3 Å². The molecule has 0 aliphatic rings. The Kier molecular flexibility index (Phi) is 5.86. The second-order valence-corrected chi connectivity index (χ2v) is 5.28. The van der Waals surface area contributed by atoms with Crippen molar-refractivity contribution in [2.75, 3.05) is 12.4 Å². The maximum absolute atomic E-state index is 12.6. The predicted molar refractivity (Wildman–Crippen MR) is 83.9 cm³/mol. The number of halogens is 6. The van der Waals surface area contributed by atoms with Crippen LogP contribution in [0, 0.1) is 0 Å². The van der Waals surface area contributed by atoms with E-state index in [4.69, 9.17) is 0 Å². The first-order valence-electron chi connectivity index (χ1n) is 7.37. The standard InChI is InChI=1S/C17H11F6NO4/c1-27-15(26)12-8-11(28-17(21,22)23)6-7-13(12)24-14(25)9-2-4-10(5-3-9)16(18,19)20/h2-8H,1H3,(H,24,25). The van der Waals surface area contributed by atoms with Gasteiger partial charge in [-0.2, -0.15) is 13.2 Å². The number of rotatable bonds is 4. The highest BCUT2D eigenvalue weighted by molar-refractivity contribution is 6.08. The second-order valence-electron chi connectivity index (χ2n) is 5.28. The van der Waals surface area contributed by atoms with Crippen LogP contribution in [0.25, 0.3) is 0 Å². The van der Waals surface area contributed by atoms with E-state index in [9.17, 15) is 35.9 Å². The smallest absolute Gasteiger partial charge is 0.465 e. The van der Waals surface area contributed by atoms with Crippen molar-refractivity contribution in [3.63, 3.8) is 0 Å². The molecule has 0 bridgehead atoms. The van der Waals surface area contributed by atoms with E-state index < -0.39 is 41.3 Å². The van der Waals surface area contributed by atoms with Crippen LogP contribution in [0.4, 0.5) is 32.0 Å². The number of carbonyl (C=O) groups excluding carboxylic acids is 2. The summed E-state index contributed by atoms with van der Waals surface area (Å²) in [5, 5.41) is 2.23. The molecule has 0 fully saturated rings. The Morgan fingerprint density at radius 3 is 2.04 bits per heavy atom. The van der Waals surface area contributed by atoms with E-state index in [0.29, 0.717) is 18.2 Å². The number of anilines is 1. The van der Waals surface area contributed by atoms with Gasteiger partial charge in [-0.1, -0.05) is 0 Å². The molecule has 1 amide bonds. The average molecular weight is 407 g/mol. The maximum atomic E-state index is 12.6. The topological polar surface area (TPSA) is 64.6 Å². The van der Waals surface area contributed by atoms with Crippen LogP contribution in [-0.2, 0) is 10.9 Å². The summed E-state index contributed by atoms with van der Waals surface area (Å²) in [5.74, 6) is -2.67. The molecular weight excluding hydrogens is 396 g/mol. The van der Waals surface area contributed by atoms with Crippen LogP contribution in [-0.4, -0.2) is 25.3 Å². The van der Waals surface area contributed by atoms with Gasteiger partial charge in [0.2, 0.25) is 0 Å². The van der Waals surface area contributed by atoms with Gasteiger partial charge in [-0.05, 0) is 42.5 Å². The first-order valence-corrected chi connectivity index (χ1v) is 7.37. The normalized spacial score (nSPS) is 11.7.